The van der Waals surface area contributed by atoms with Gasteiger partial charge in [0.2, 0.25) is 0 Å². The van der Waals surface area contributed by atoms with Gasteiger partial charge in [-0.15, -0.1) is 0 Å². The zero-order valence-corrected chi connectivity index (χ0v) is 14.8. The van der Waals surface area contributed by atoms with E-state index in [1.54, 1.807) is 37.4 Å². The first-order chi connectivity index (χ1) is 9.91. The molecule has 0 fully saturated rings. The Bertz CT molecular complexity index is 675. The number of amides is 1. The van der Waals surface area contributed by atoms with Crippen molar-refractivity contribution in [3.8, 4) is 0 Å². The van der Waals surface area contributed by atoms with E-state index in [1.165, 1.54) is 11.0 Å². The first-order valence-corrected chi connectivity index (χ1v) is 7.97. The number of hydrogen-bond acceptors (Lipinski definition) is 1. The Labute approximate surface area is 140 Å². The Morgan fingerprint density at radius 1 is 1.19 bits per heavy atom. The van der Waals surface area contributed by atoms with E-state index in [9.17, 15) is 9.18 Å². The van der Waals surface area contributed by atoms with Gasteiger partial charge in [-0.25, -0.2) is 4.39 Å². The predicted molar refractivity (Wildman–Crippen MR) is 88.8 cm³/mol. The van der Waals surface area contributed by atoms with Gasteiger partial charge >= 0.3 is 0 Å². The minimum absolute atomic E-state index is 0.162. The van der Waals surface area contributed by atoms with Gasteiger partial charge in [0.05, 0.1) is 11.6 Å². The van der Waals surface area contributed by atoms with Crippen LogP contribution in [0.1, 0.15) is 28.9 Å². The van der Waals surface area contributed by atoms with Crippen LogP contribution in [0.5, 0.6) is 0 Å². The molecule has 2 aromatic rings. The molecule has 21 heavy (non-hydrogen) atoms. The van der Waals surface area contributed by atoms with Gasteiger partial charge < -0.3 is 4.90 Å². The van der Waals surface area contributed by atoms with Crippen molar-refractivity contribution >= 4 is 37.8 Å². The van der Waals surface area contributed by atoms with E-state index in [4.69, 9.17) is 0 Å². The van der Waals surface area contributed by atoms with Crippen LogP contribution in [0.4, 0.5) is 4.39 Å². The Morgan fingerprint density at radius 2 is 1.86 bits per heavy atom. The van der Waals surface area contributed by atoms with E-state index < -0.39 is 0 Å². The van der Waals surface area contributed by atoms with E-state index in [2.05, 4.69) is 31.9 Å². The Balaban J connectivity index is 2.29. The molecule has 0 radical (unpaired) electrons. The molecule has 1 unspecified atom stereocenters. The normalized spacial score (nSPS) is 12.0. The molecule has 0 N–H and O–H groups in total. The third-order valence-electron chi connectivity index (χ3n) is 3.42. The lowest BCUT2D eigenvalue weighted by Gasteiger charge is -2.26. The molecular formula is C16H14Br2FNO. The van der Waals surface area contributed by atoms with Crippen LogP contribution in [0.3, 0.4) is 0 Å². The van der Waals surface area contributed by atoms with E-state index in [0.717, 1.165) is 4.47 Å². The van der Waals surface area contributed by atoms with Crippen molar-refractivity contribution in [1.82, 2.24) is 4.90 Å². The molecule has 2 nitrogen and oxygen atoms in total. The number of hydrogen-bond donors (Lipinski definition) is 0. The number of carbonyl (C=O) groups excluding carboxylic acids is 1. The molecule has 0 aromatic heterocycles. The molecule has 0 bridgehead atoms. The largest absolute Gasteiger partial charge is 0.335 e. The Kier molecular flexibility index (Phi) is 5.17. The van der Waals surface area contributed by atoms with E-state index in [1.807, 2.05) is 13.0 Å². The molecule has 5 heteroatoms. The molecule has 2 aromatic carbocycles. The van der Waals surface area contributed by atoms with Crippen LogP contribution >= 0.6 is 31.9 Å². The topological polar surface area (TPSA) is 20.3 Å². The first kappa shape index (κ1) is 16.2. The molecule has 0 saturated heterocycles. The molecule has 2 rings (SSSR count). The van der Waals surface area contributed by atoms with Gasteiger partial charge in [-0.2, -0.15) is 0 Å². The summed E-state index contributed by atoms with van der Waals surface area (Å²) in [6.07, 6.45) is 0. The summed E-state index contributed by atoms with van der Waals surface area (Å²) in [5.41, 5.74) is 1.05. The fraction of sp³-hybridized carbons (Fsp3) is 0.188. The van der Waals surface area contributed by atoms with Gasteiger partial charge in [0.25, 0.3) is 5.91 Å². The van der Waals surface area contributed by atoms with Gasteiger partial charge in [-0.05, 0) is 47.1 Å². The summed E-state index contributed by atoms with van der Waals surface area (Å²) in [5, 5.41) is 0. The number of nitrogens with zero attached hydrogens (tertiary/aromatic N) is 1. The highest BCUT2D eigenvalue weighted by Gasteiger charge is 2.22. The van der Waals surface area contributed by atoms with Crippen LogP contribution in [-0.4, -0.2) is 17.9 Å². The second-order valence-electron chi connectivity index (χ2n) is 4.74. The van der Waals surface area contributed by atoms with Gasteiger partial charge in [-0.3, -0.25) is 4.79 Å². The van der Waals surface area contributed by atoms with E-state index >= 15 is 0 Å². The molecule has 1 amide bonds. The van der Waals surface area contributed by atoms with Crippen LogP contribution in [-0.2, 0) is 0 Å². The fourth-order valence-corrected chi connectivity index (χ4v) is 3.27. The molecule has 0 spiro atoms. The maximum atomic E-state index is 13.8. The lowest BCUT2D eigenvalue weighted by atomic mass is 10.1. The molecule has 0 heterocycles. The number of rotatable bonds is 3. The summed E-state index contributed by atoms with van der Waals surface area (Å²) < 4.78 is 15.4. The highest BCUT2D eigenvalue weighted by atomic mass is 79.9. The zero-order chi connectivity index (χ0) is 15.6. The summed E-state index contributed by atoms with van der Waals surface area (Å²) in [6, 6.07) is 11.5. The minimum Gasteiger partial charge on any atom is -0.335 e. The van der Waals surface area contributed by atoms with Crippen molar-refractivity contribution in [2.45, 2.75) is 13.0 Å². The quantitative estimate of drug-likeness (QED) is 0.677. The number of halogens is 3. The van der Waals surface area contributed by atoms with Crippen molar-refractivity contribution in [2.24, 2.45) is 0 Å². The van der Waals surface area contributed by atoms with Crippen molar-refractivity contribution in [3.63, 3.8) is 0 Å². The van der Waals surface area contributed by atoms with Gasteiger partial charge in [0.15, 0.2) is 0 Å². The van der Waals surface area contributed by atoms with Crippen LogP contribution < -0.4 is 0 Å². The highest BCUT2D eigenvalue weighted by Crippen LogP contribution is 2.27. The summed E-state index contributed by atoms with van der Waals surface area (Å²) in [5.74, 6) is -0.468. The minimum atomic E-state index is -0.353. The van der Waals surface area contributed by atoms with Crippen molar-refractivity contribution in [2.75, 3.05) is 7.05 Å². The SMILES string of the molecule is CC(c1ccccc1F)N(C)C(=O)c1ccc(Br)cc1Br. The van der Waals surface area contributed by atoms with Crippen LogP contribution in [0, 0.1) is 5.82 Å². The summed E-state index contributed by atoms with van der Waals surface area (Å²) in [4.78, 5) is 14.1. The van der Waals surface area contributed by atoms with E-state index in [-0.39, 0.29) is 17.8 Å². The third-order valence-corrected chi connectivity index (χ3v) is 4.57. The molecule has 0 aliphatic heterocycles. The average Bonchev–Trinajstić information content (AvgIpc) is 2.45. The monoisotopic (exact) mass is 413 g/mol. The Morgan fingerprint density at radius 3 is 2.48 bits per heavy atom. The van der Waals surface area contributed by atoms with Crippen molar-refractivity contribution in [3.05, 3.63) is 68.4 Å². The lowest BCUT2D eigenvalue weighted by molar-refractivity contribution is 0.0739. The number of carbonyl (C=O) groups is 1. The van der Waals surface area contributed by atoms with Crippen molar-refractivity contribution in [1.29, 1.82) is 0 Å². The smallest absolute Gasteiger partial charge is 0.255 e. The maximum Gasteiger partial charge on any atom is 0.255 e. The second-order valence-corrected chi connectivity index (χ2v) is 6.51. The molecular weight excluding hydrogens is 401 g/mol. The van der Waals surface area contributed by atoms with Gasteiger partial charge in [-0.1, -0.05) is 34.1 Å². The number of benzene rings is 2. The summed E-state index contributed by atoms with van der Waals surface area (Å²) >= 11 is 6.74. The van der Waals surface area contributed by atoms with Gasteiger partial charge in [0, 0.05) is 21.6 Å². The summed E-state index contributed by atoms with van der Waals surface area (Å²) in [6.45, 7) is 1.81. The lowest BCUT2D eigenvalue weighted by Crippen LogP contribution is -2.30. The summed E-state index contributed by atoms with van der Waals surface area (Å²) in [7, 11) is 1.67. The van der Waals surface area contributed by atoms with Crippen LogP contribution in [0.2, 0.25) is 0 Å². The second kappa shape index (κ2) is 6.71. The van der Waals surface area contributed by atoms with Crippen molar-refractivity contribution < 1.29 is 9.18 Å². The molecule has 110 valence electrons. The fourth-order valence-electron chi connectivity index (χ4n) is 2.05. The van der Waals surface area contributed by atoms with Crippen LogP contribution in [0.25, 0.3) is 0 Å². The maximum absolute atomic E-state index is 13.8. The molecule has 0 aliphatic carbocycles. The zero-order valence-electron chi connectivity index (χ0n) is 11.6. The molecule has 0 saturated carbocycles. The molecule has 1 atom stereocenters. The third kappa shape index (κ3) is 3.52. The van der Waals surface area contributed by atoms with Crippen LogP contribution in [0.15, 0.2) is 51.4 Å². The molecule has 0 aliphatic rings. The standard InChI is InChI=1S/C16H14Br2FNO/c1-10(12-5-3-4-6-15(12)19)20(2)16(21)13-8-7-11(17)9-14(13)18/h3-10H,1-2H3. The average molecular weight is 415 g/mol. The Hall–Kier alpha value is -1.20. The highest BCUT2D eigenvalue weighted by molar-refractivity contribution is 9.11. The first-order valence-electron chi connectivity index (χ1n) is 6.38. The van der Waals surface area contributed by atoms with Gasteiger partial charge in [0.1, 0.15) is 5.82 Å². The van der Waals surface area contributed by atoms with E-state index in [0.29, 0.717) is 15.6 Å². The predicted octanol–water partition coefficient (Wildman–Crippen LogP) is 5.18.